The molecule has 0 aromatic heterocycles. The summed E-state index contributed by atoms with van der Waals surface area (Å²) in [5.74, 6) is 0.802. The predicted octanol–water partition coefficient (Wildman–Crippen LogP) is 2.49. The summed E-state index contributed by atoms with van der Waals surface area (Å²) in [5, 5.41) is 10.3. The van der Waals surface area contributed by atoms with Gasteiger partial charge in [-0.15, -0.1) is 0 Å². The molecule has 1 unspecified atom stereocenters. The Morgan fingerprint density at radius 3 is 2.71 bits per heavy atom. The molecule has 0 amide bonds. The molecule has 0 radical (unpaired) electrons. The van der Waals surface area contributed by atoms with Gasteiger partial charge in [0.2, 0.25) is 0 Å². The molecule has 0 aliphatic heterocycles. The smallest absolute Gasteiger partial charge is 0.119 e. The van der Waals surface area contributed by atoms with Crippen molar-refractivity contribution in [1.29, 1.82) is 0 Å². The van der Waals surface area contributed by atoms with E-state index in [0.717, 1.165) is 17.7 Å². The molecule has 0 spiro atoms. The molecule has 0 heterocycles. The third-order valence-electron chi connectivity index (χ3n) is 2.91. The number of hydrogen-bond donors (Lipinski definition) is 2. The summed E-state index contributed by atoms with van der Waals surface area (Å²) >= 11 is 0. The highest BCUT2D eigenvalue weighted by molar-refractivity contribution is 5.30. The predicted molar refractivity (Wildman–Crippen MR) is 70.0 cm³/mol. The van der Waals surface area contributed by atoms with Crippen LogP contribution in [0.3, 0.4) is 0 Å². The maximum Gasteiger partial charge on any atom is 0.119 e. The van der Waals surface area contributed by atoms with Gasteiger partial charge in [-0.05, 0) is 24.1 Å². The highest BCUT2D eigenvalue weighted by atomic mass is 16.5. The van der Waals surface area contributed by atoms with E-state index in [0.29, 0.717) is 13.2 Å². The Morgan fingerprint density at radius 2 is 2.12 bits per heavy atom. The van der Waals surface area contributed by atoms with E-state index in [2.05, 4.69) is 6.92 Å². The van der Waals surface area contributed by atoms with E-state index >= 15 is 0 Å². The fraction of sp³-hybridized carbons (Fsp3) is 0.571. The lowest BCUT2D eigenvalue weighted by atomic mass is 9.83. The maximum atomic E-state index is 10.3. The van der Waals surface area contributed by atoms with Crippen molar-refractivity contribution >= 4 is 0 Å². The largest absolute Gasteiger partial charge is 0.494 e. The number of hydrogen-bond acceptors (Lipinski definition) is 3. The second-order valence-electron chi connectivity index (χ2n) is 5.02. The highest BCUT2D eigenvalue weighted by Gasteiger charge is 2.27. The first-order valence-electron chi connectivity index (χ1n) is 6.12. The van der Waals surface area contributed by atoms with Gasteiger partial charge in [0, 0.05) is 12.0 Å². The van der Waals surface area contributed by atoms with Gasteiger partial charge in [0.15, 0.2) is 0 Å². The Balaban J connectivity index is 2.84. The fourth-order valence-corrected chi connectivity index (χ4v) is 1.56. The molecule has 1 aromatic rings. The van der Waals surface area contributed by atoms with Crippen molar-refractivity contribution in [2.45, 2.75) is 33.3 Å². The first-order valence-corrected chi connectivity index (χ1v) is 6.12. The lowest BCUT2D eigenvalue weighted by Crippen LogP contribution is -2.30. The van der Waals surface area contributed by atoms with Gasteiger partial charge in [-0.3, -0.25) is 0 Å². The van der Waals surface area contributed by atoms with Crippen LogP contribution >= 0.6 is 0 Å². The van der Waals surface area contributed by atoms with Crippen molar-refractivity contribution in [3.05, 3.63) is 29.8 Å². The minimum absolute atomic E-state index is 0.330. The first-order chi connectivity index (χ1) is 8.01. The van der Waals surface area contributed by atoms with Gasteiger partial charge < -0.3 is 15.6 Å². The third kappa shape index (κ3) is 3.72. The zero-order valence-electron chi connectivity index (χ0n) is 10.9. The summed E-state index contributed by atoms with van der Waals surface area (Å²) < 4.78 is 5.55. The number of rotatable bonds is 6. The molecule has 0 aliphatic rings. The lowest BCUT2D eigenvalue weighted by molar-refractivity contribution is 0.0553. The molecule has 0 saturated heterocycles. The van der Waals surface area contributed by atoms with E-state index in [1.54, 1.807) is 0 Å². The maximum absolute atomic E-state index is 10.3. The van der Waals surface area contributed by atoms with Crippen molar-refractivity contribution in [3.63, 3.8) is 0 Å². The number of aliphatic hydroxyl groups excluding tert-OH is 1. The van der Waals surface area contributed by atoms with Crippen LogP contribution in [0.5, 0.6) is 5.75 Å². The van der Waals surface area contributed by atoms with Gasteiger partial charge >= 0.3 is 0 Å². The Morgan fingerprint density at radius 1 is 1.41 bits per heavy atom. The average molecular weight is 237 g/mol. The van der Waals surface area contributed by atoms with Crippen LogP contribution in [-0.4, -0.2) is 18.3 Å². The Bertz CT molecular complexity index is 350. The van der Waals surface area contributed by atoms with Gasteiger partial charge in [0.25, 0.3) is 0 Å². The van der Waals surface area contributed by atoms with E-state index in [1.165, 1.54) is 0 Å². The number of benzene rings is 1. The molecule has 1 rings (SSSR count). The molecule has 1 atom stereocenters. The van der Waals surface area contributed by atoms with E-state index in [4.69, 9.17) is 10.5 Å². The van der Waals surface area contributed by atoms with E-state index in [1.807, 2.05) is 38.1 Å². The van der Waals surface area contributed by atoms with Crippen LogP contribution in [0.4, 0.5) is 0 Å². The van der Waals surface area contributed by atoms with Gasteiger partial charge in [-0.2, -0.15) is 0 Å². The van der Waals surface area contributed by atoms with E-state index < -0.39 is 6.10 Å². The topological polar surface area (TPSA) is 55.5 Å². The van der Waals surface area contributed by atoms with Gasteiger partial charge in [-0.1, -0.05) is 32.9 Å². The molecular formula is C14H23NO2. The molecule has 17 heavy (non-hydrogen) atoms. The summed E-state index contributed by atoms with van der Waals surface area (Å²) in [4.78, 5) is 0. The van der Waals surface area contributed by atoms with Gasteiger partial charge in [0.1, 0.15) is 5.75 Å². The molecule has 96 valence electrons. The van der Waals surface area contributed by atoms with Crippen LogP contribution in [0, 0.1) is 5.41 Å². The number of aliphatic hydroxyl groups is 1. The second-order valence-corrected chi connectivity index (χ2v) is 5.02. The fourth-order valence-electron chi connectivity index (χ4n) is 1.56. The van der Waals surface area contributed by atoms with Gasteiger partial charge in [0.05, 0.1) is 12.7 Å². The second kappa shape index (κ2) is 6.03. The standard InChI is InChI=1S/C14H23NO2/c1-4-8-17-12-7-5-6-11(9-12)13(16)14(2,3)10-15/h5-7,9,13,16H,4,8,10,15H2,1-3H3. The Hall–Kier alpha value is -1.06. The molecule has 0 saturated carbocycles. The molecular weight excluding hydrogens is 214 g/mol. The third-order valence-corrected chi connectivity index (χ3v) is 2.91. The highest BCUT2D eigenvalue weighted by Crippen LogP contribution is 2.33. The number of ether oxygens (including phenoxy) is 1. The Labute approximate surface area is 104 Å². The van der Waals surface area contributed by atoms with Crippen molar-refractivity contribution < 1.29 is 9.84 Å². The minimum Gasteiger partial charge on any atom is -0.494 e. The minimum atomic E-state index is -0.572. The summed E-state index contributed by atoms with van der Waals surface area (Å²) in [6.45, 7) is 7.11. The SMILES string of the molecule is CCCOc1cccc(C(O)C(C)(C)CN)c1. The van der Waals surface area contributed by atoms with Gasteiger partial charge in [-0.25, -0.2) is 0 Å². The van der Waals surface area contributed by atoms with Crippen molar-refractivity contribution in [2.75, 3.05) is 13.2 Å². The lowest BCUT2D eigenvalue weighted by Gasteiger charge is -2.29. The van der Waals surface area contributed by atoms with Crippen molar-refractivity contribution in [1.82, 2.24) is 0 Å². The van der Waals surface area contributed by atoms with Crippen LogP contribution in [-0.2, 0) is 0 Å². The van der Waals surface area contributed by atoms with Crippen LogP contribution in [0.1, 0.15) is 38.9 Å². The monoisotopic (exact) mass is 237 g/mol. The van der Waals surface area contributed by atoms with Crippen LogP contribution in [0.15, 0.2) is 24.3 Å². The quantitative estimate of drug-likeness (QED) is 0.799. The summed E-state index contributed by atoms with van der Waals surface area (Å²) in [6, 6.07) is 7.59. The summed E-state index contributed by atoms with van der Waals surface area (Å²) in [7, 11) is 0. The summed E-state index contributed by atoms with van der Waals surface area (Å²) in [5.41, 5.74) is 6.20. The normalized spacial score (nSPS) is 13.5. The average Bonchev–Trinajstić information content (AvgIpc) is 2.35. The zero-order valence-corrected chi connectivity index (χ0v) is 10.9. The molecule has 0 aliphatic carbocycles. The van der Waals surface area contributed by atoms with Crippen LogP contribution < -0.4 is 10.5 Å². The van der Waals surface area contributed by atoms with Crippen LogP contribution in [0.25, 0.3) is 0 Å². The summed E-state index contributed by atoms with van der Waals surface area (Å²) in [6.07, 6.45) is 0.402. The molecule has 1 aromatic carbocycles. The molecule has 0 fully saturated rings. The molecule has 0 bridgehead atoms. The molecule has 3 nitrogen and oxygen atoms in total. The van der Waals surface area contributed by atoms with Crippen LogP contribution in [0.2, 0.25) is 0 Å². The number of nitrogens with two attached hydrogens (primary N) is 1. The van der Waals surface area contributed by atoms with E-state index in [-0.39, 0.29) is 5.41 Å². The molecule has 3 N–H and O–H groups in total. The van der Waals surface area contributed by atoms with E-state index in [9.17, 15) is 5.11 Å². The Kier molecular flexibility index (Phi) is 4.97. The van der Waals surface area contributed by atoms with Crippen molar-refractivity contribution in [3.8, 4) is 5.75 Å². The molecule has 3 heteroatoms. The first kappa shape index (κ1) is 14.0. The van der Waals surface area contributed by atoms with Crippen molar-refractivity contribution in [2.24, 2.45) is 11.1 Å². The zero-order chi connectivity index (χ0) is 12.9.